The van der Waals surface area contributed by atoms with Gasteiger partial charge < -0.3 is 9.88 Å². The molecule has 1 fully saturated rings. The van der Waals surface area contributed by atoms with E-state index in [0.29, 0.717) is 12.6 Å². The smallest absolute Gasteiger partial charge is 0.252 e. The second kappa shape index (κ2) is 7.97. The maximum Gasteiger partial charge on any atom is 0.252 e. The monoisotopic (exact) mass is 350 g/mol. The molecule has 2 aromatic heterocycles. The molecule has 7 heteroatoms. The van der Waals surface area contributed by atoms with Crippen molar-refractivity contribution in [1.29, 1.82) is 0 Å². The molecule has 2 heterocycles. The first kappa shape index (κ1) is 16.5. The zero-order valence-corrected chi connectivity index (χ0v) is 15.0. The number of nitrogens with one attached hydrogen (secondary N) is 1. The van der Waals surface area contributed by atoms with Gasteiger partial charge in [0.1, 0.15) is 5.82 Å². The van der Waals surface area contributed by atoms with E-state index in [2.05, 4.69) is 26.3 Å². The molecule has 2 aromatic rings. The highest BCUT2D eigenvalue weighted by atomic mass is 32.2. The molecule has 0 radical (unpaired) electrons. The van der Waals surface area contributed by atoms with Gasteiger partial charge in [-0.3, -0.25) is 4.79 Å². The Hall–Kier alpha value is -1.34. The van der Waals surface area contributed by atoms with E-state index in [0.717, 1.165) is 29.4 Å². The third-order valence-electron chi connectivity index (χ3n) is 4.25. The van der Waals surface area contributed by atoms with Crippen LogP contribution in [-0.2, 0) is 6.42 Å². The van der Waals surface area contributed by atoms with Gasteiger partial charge in [-0.25, -0.2) is 0 Å². The standard InChI is InChI=1S/C16H22N4OS2/c1-22-16-19-18-14(20(16)13-5-2-3-6-13)7-4-9-17-15(21)12-8-10-23-11-12/h8,10-11,13H,2-7,9H2,1H3,(H,17,21). The summed E-state index contributed by atoms with van der Waals surface area (Å²) in [7, 11) is 0. The van der Waals surface area contributed by atoms with Crippen LogP contribution in [0.15, 0.2) is 22.0 Å². The minimum absolute atomic E-state index is 0.00770. The van der Waals surface area contributed by atoms with Crippen molar-refractivity contribution < 1.29 is 4.79 Å². The van der Waals surface area contributed by atoms with Gasteiger partial charge in [0, 0.05) is 30.0 Å². The van der Waals surface area contributed by atoms with Gasteiger partial charge in [0.05, 0.1) is 0 Å². The van der Waals surface area contributed by atoms with Crippen molar-refractivity contribution in [2.45, 2.75) is 49.7 Å². The molecule has 1 N–H and O–H groups in total. The summed E-state index contributed by atoms with van der Waals surface area (Å²) in [5.41, 5.74) is 0.744. The van der Waals surface area contributed by atoms with Gasteiger partial charge in [0.25, 0.3) is 5.91 Å². The molecule has 1 saturated carbocycles. The molecule has 0 spiro atoms. The fourth-order valence-corrected chi connectivity index (χ4v) is 4.30. The van der Waals surface area contributed by atoms with Gasteiger partial charge >= 0.3 is 0 Å². The van der Waals surface area contributed by atoms with Gasteiger partial charge in [0.2, 0.25) is 0 Å². The summed E-state index contributed by atoms with van der Waals surface area (Å²) in [6.45, 7) is 0.667. The summed E-state index contributed by atoms with van der Waals surface area (Å²) >= 11 is 3.21. The van der Waals surface area contributed by atoms with Gasteiger partial charge in [-0.2, -0.15) is 11.3 Å². The Kier molecular flexibility index (Phi) is 5.72. The van der Waals surface area contributed by atoms with E-state index in [4.69, 9.17) is 0 Å². The van der Waals surface area contributed by atoms with Crippen LogP contribution in [-0.4, -0.2) is 33.5 Å². The first-order valence-corrected chi connectivity index (χ1v) is 10.2. The van der Waals surface area contributed by atoms with Crippen molar-refractivity contribution in [3.05, 3.63) is 28.2 Å². The average Bonchev–Trinajstić information content (AvgIpc) is 3.32. The second-order valence-electron chi connectivity index (χ2n) is 5.78. The van der Waals surface area contributed by atoms with Crippen molar-refractivity contribution in [2.24, 2.45) is 0 Å². The SMILES string of the molecule is CSc1nnc(CCCNC(=O)c2ccsc2)n1C1CCCC1. The number of hydrogen-bond donors (Lipinski definition) is 1. The van der Waals surface area contributed by atoms with Crippen LogP contribution >= 0.6 is 23.1 Å². The van der Waals surface area contributed by atoms with E-state index in [-0.39, 0.29) is 5.91 Å². The Bertz CT molecular complexity index is 633. The Labute approximate surface area is 144 Å². The number of carbonyl (C=O) groups is 1. The van der Waals surface area contributed by atoms with Crippen LogP contribution in [0.4, 0.5) is 0 Å². The van der Waals surface area contributed by atoms with Gasteiger partial charge in [0.15, 0.2) is 5.16 Å². The predicted molar refractivity (Wildman–Crippen MR) is 94.3 cm³/mol. The molecule has 0 bridgehead atoms. The zero-order chi connectivity index (χ0) is 16.1. The Morgan fingerprint density at radius 2 is 2.26 bits per heavy atom. The van der Waals surface area contributed by atoms with Gasteiger partial charge in [-0.15, -0.1) is 10.2 Å². The lowest BCUT2D eigenvalue weighted by atomic mass is 10.2. The van der Waals surface area contributed by atoms with Crippen molar-refractivity contribution in [1.82, 2.24) is 20.1 Å². The second-order valence-corrected chi connectivity index (χ2v) is 7.34. The fourth-order valence-electron chi connectivity index (χ4n) is 3.09. The topological polar surface area (TPSA) is 59.8 Å². The predicted octanol–water partition coefficient (Wildman–Crippen LogP) is 3.54. The van der Waals surface area contributed by atoms with E-state index < -0.39 is 0 Å². The summed E-state index contributed by atoms with van der Waals surface area (Å²) in [4.78, 5) is 11.9. The first-order valence-electron chi connectivity index (χ1n) is 8.07. The normalized spacial score (nSPS) is 15.2. The summed E-state index contributed by atoms with van der Waals surface area (Å²) in [6.07, 6.45) is 8.85. The minimum atomic E-state index is 0.00770. The highest BCUT2D eigenvalue weighted by Crippen LogP contribution is 2.33. The Morgan fingerprint density at radius 3 is 2.96 bits per heavy atom. The molecular weight excluding hydrogens is 328 g/mol. The lowest BCUT2D eigenvalue weighted by molar-refractivity contribution is 0.0953. The third-order valence-corrected chi connectivity index (χ3v) is 5.58. The molecule has 1 aliphatic rings. The van der Waals surface area contributed by atoms with E-state index in [1.807, 2.05) is 16.8 Å². The zero-order valence-electron chi connectivity index (χ0n) is 13.3. The number of nitrogens with zero attached hydrogens (tertiary/aromatic N) is 3. The van der Waals surface area contributed by atoms with Gasteiger partial charge in [-0.05, 0) is 37.0 Å². The highest BCUT2D eigenvalue weighted by molar-refractivity contribution is 7.98. The maximum absolute atomic E-state index is 11.9. The molecule has 0 aromatic carbocycles. The number of thioether (sulfide) groups is 1. The molecular formula is C16H22N4OS2. The third kappa shape index (κ3) is 3.95. The largest absolute Gasteiger partial charge is 0.352 e. The number of amides is 1. The molecule has 0 atom stereocenters. The van der Waals surface area contributed by atoms with Crippen LogP contribution in [0.3, 0.4) is 0 Å². The number of thiophene rings is 1. The van der Waals surface area contributed by atoms with Crippen LogP contribution in [0.1, 0.15) is 54.3 Å². The Morgan fingerprint density at radius 1 is 1.43 bits per heavy atom. The molecule has 1 amide bonds. The van der Waals surface area contributed by atoms with Crippen molar-refractivity contribution in [3.63, 3.8) is 0 Å². The molecule has 0 unspecified atom stereocenters. The first-order chi connectivity index (χ1) is 11.3. The van der Waals surface area contributed by atoms with Crippen molar-refractivity contribution in [2.75, 3.05) is 12.8 Å². The van der Waals surface area contributed by atoms with Crippen molar-refractivity contribution >= 4 is 29.0 Å². The van der Waals surface area contributed by atoms with Crippen LogP contribution in [0.25, 0.3) is 0 Å². The minimum Gasteiger partial charge on any atom is -0.352 e. The maximum atomic E-state index is 11.9. The number of aryl methyl sites for hydroxylation is 1. The van der Waals surface area contributed by atoms with E-state index in [9.17, 15) is 4.79 Å². The molecule has 1 aliphatic carbocycles. The van der Waals surface area contributed by atoms with Gasteiger partial charge in [-0.1, -0.05) is 24.6 Å². The number of carbonyl (C=O) groups excluding carboxylic acids is 1. The Balaban J connectivity index is 1.54. The molecule has 0 aliphatic heterocycles. The molecule has 5 nitrogen and oxygen atoms in total. The average molecular weight is 351 g/mol. The van der Waals surface area contributed by atoms with E-state index in [1.54, 1.807) is 23.1 Å². The molecule has 0 saturated heterocycles. The quantitative estimate of drug-likeness (QED) is 0.613. The van der Waals surface area contributed by atoms with E-state index in [1.165, 1.54) is 25.7 Å². The van der Waals surface area contributed by atoms with Crippen LogP contribution in [0, 0.1) is 0 Å². The molecule has 23 heavy (non-hydrogen) atoms. The number of rotatable bonds is 7. The fraction of sp³-hybridized carbons (Fsp3) is 0.562. The highest BCUT2D eigenvalue weighted by Gasteiger charge is 2.23. The van der Waals surface area contributed by atoms with Crippen LogP contribution in [0.5, 0.6) is 0 Å². The summed E-state index contributed by atoms with van der Waals surface area (Å²) in [6, 6.07) is 2.41. The van der Waals surface area contributed by atoms with Crippen LogP contribution < -0.4 is 5.32 Å². The van der Waals surface area contributed by atoms with Crippen LogP contribution in [0.2, 0.25) is 0 Å². The summed E-state index contributed by atoms with van der Waals surface area (Å²) in [5, 5.41) is 16.5. The molecule has 124 valence electrons. The number of hydrogen-bond acceptors (Lipinski definition) is 5. The summed E-state index contributed by atoms with van der Waals surface area (Å²) < 4.78 is 2.33. The lowest BCUT2D eigenvalue weighted by Gasteiger charge is -2.16. The van der Waals surface area contributed by atoms with E-state index >= 15 is 0 Å². The summed E-state index contributed by atoms with van der Waals surface area (Å²) in [5.74, 6) is 1.07. The van der Waals surface area contributed by atoms with Crippen molar-refractivity contribution in [3.8, 4) is 0 Å². The number of aromatic nitrogens is 3. The lowest BCUT2D eigenvalue weighted by Crippen LogP contribution is -2.24. The molecule has 3 rings (SSSR count).